The van der Waals surface area contributed by atoms with Gasteiger partial charge in [-0.05, 0) is 56.3 Å². The van der Waals surface area contributed by atoms with Gasteiger partial charge < -0.3 is 14.6 Å². The number of aryl methyl sites for hydroxylation is 3. The number of amides is 1. The molecule has 6 heteroatoms. The number of hydrogen-bond donors (Lipinski definition) is 1. The number of ether oxygens (including phenoxy) is 1. The molecule has 1 N–H and O–H groups in total. The Bertz CT molecular complexity index is 983. The minimum atomic E-state index is -0.484. The van der Waals surface area contributed by atoms with E-state index in [0.717, 1.165) is 34.7 Å². The molecule has 1 aromatic carbocycles. The molecule has 3 aromatic rings. The Balaban J connectivity index is 1.64. The van der Waals surface area contributed by atoms with Crippen molar-refractivity contribution in [1.29, 1.82) is 0 Å². The average Bonchev–Trinajstić information content (AvgIpc) is 3.26. The molecule has 0 fully saturated rings. The number of esters is 1. The highest BCUT2D eigenvalue weighted by molar-refractivity contribution is 7.09. The fraction of sp³-hybridized carbons (Fsp3) is 0.273. The molecule has 0 bridgehead atoms. The Morgan fingerprint density at radius 2 is 1.79 bits per heavy atom. The molecule has 0 unspecified atom stereocenters. The number of aromatic nitrogens is 1. The molecular weight excluding hydrogens is 372 g/mol. The van der Waals surface area contributed by atoms with Crippen LogP contribution in [0.25, 0.3) is 0 Å². The van der Waals surface area contributed by atoms with E-state index in [2.05, 4.69) is 16.0 Å². The van der Waals surface area contributed by atoms with Crippen molar-refractivity contribution < 1.29 is 14.3 Å². The zero-order valence-corrected chi connectivity index (χ0v) is 17.4. The van der Waals surface area contributed by atoms with Crippen molar-refractivity contribution in [2.45, 2.75) is 34.2 Å². The van der Waals surface area contributed by atoms with Gasteiger partial charge in [0.25, 0.3) is 5.91 Å². The summed E-state index contributed by atoms with van der Waals surface area (Å²) in [6, 6.07) is 11.7. The maximum atomic E-state index is 12.5. The van der Waals surface area contributed by atoms with Crippen LogP contribution in [-0.4, -0.2) is 23.1 Å². The molecule has 0 atom stereocenters. The fourth-order valence-corrected chi connectivity index (χ4v) is 3.90. The monoisotopic (exact) mass is 396 g/mol. The van der Waals surface area contributed by atoms with Crippen LogP contribution < -0.4 is 5.32 Å². The van der Waals surface area contributed by atoms with Crippen molar-refractivity contribution in [1.82, 2.24) is 4.57 Å². The summed E-state index contributed by atoms with van der Waals surface area (Å²) in [7, 11) is 0. The van der Waals surface area contributed by atoms with Crippen LogP contribution in [0.15, 0.2) is 41.8 Å². The molecule has 0 aliphatic rings. The normalized spacial score (nSPS) is 10.7. The van der Waals surface area contributed by atoms with E-state index < -0.39 is 5.97 Å². The maximum Gasteiger partial charge on any atom is 0.340 e. The third-order valence-electron chi connectivity index (χ3n) is 4.77. The van der Waals surface area contributed by atoms with Gasteiger partial charge in [0.15, 0.2) is 6.61 Å². The molecule has 1 amide bonds. The van der Waals surface area contributed by atoms with Crippen molar-refractivity contribution in [3.63, 3.8) is 0 Å². The summed E-state index contributed by atoms with van der Waals surface area (Å²) in [6.07, 6.45) is 0. The number of thiophene rings is 1. The summed E-state index contributed by atoms with van der Waals surface area (Å²) in [6.45, 7) is 8.12. The van der Waals surface area contributed by atoms with Gasteiger partial charge in [-0.3, -0.25) is 4.79 Å². The highest BCUT2D eigenvalue weighted by Gasteiger charge is 2.18. The van der Waals surface area contributed by atoms with Crippen LogP contribution in [0, 0.1) is 27.7 Å². The zero-order valence-electron chi connectivity index (χ0n) is 16.5. The minimum Gasteiger partial charge on any atom is -0.452 e. The summed E-state index contributed by atoms with van der Waals surface area (Å²) in [5.74, 6) is -0.833. The van der Waals surface area contributed by atoms with Crippen molar-refractivity contribution >= 4 is 28.9 Å². The zero-order chi connectivity index (χ0) is 20.3. The lowest BCUT2D eigenvalue weighted by Crippen LogP contribution is -2.22. The van der Waals surface area contributed by atoms with Crippen LogP contribution in [0.4, 0.5) is 5.69 Å². The number of rotatable bonds is 6. The van der Waals surface area contributed by atoms with Crippen LogP contribution in [0.3, 0.4) is 0 Å². The molecule has 0 saturated heterocycles. The first-order chi connectivity index (χ1) is 13.4. The number of carbonyl (C=O) groups is 2. The molecule has 28 heavy (non-hydrogen) atoms. The van der Waals surface area contributed by atoms with Gasteiger partial charge in [0.2, 0.25) is 0 Å². The SMILES string of the molecule is Cc1cccc(C)c1NC(=O)COC(=O)c1cc(C)n(Cc2cccs2)c1C. The highest BCUT2D eigenvalue weighted by atomic mass is 32.1. The maximum absolute atomic E-state index is 12.5. The van der Waals surface area contributed by atoms with E-state index in [4.69, 9.17) is 4.74 Å². The Morgan fingerprint density at radius 3 is 2.43 bits per heavy atom. The average molecular weight is 397 g/mol. The first-order valence-corrected chi connectivity index (χ1v) is 9.97. The number of anilines is 1. The lowest BCUT2D eigenvalue weighted by Gasteiger charge is -2.12. The van der Waals surface area contributed by atoms with Gasteiger partial charge in [0.05, 0.1) is 12.1 Å². The molecular formula is C22H24N2O3S. The Hall–Kier alpha value is -2.86. The molecule has 146 valence electrons. The number of para-hydroxylation sites is 1. The van der Waals surface area contributed by atoms with Crippen molar-refractivity contribution in [2.75, 3.05) is 11.9 Å². The van der Waals surface area contributed by atoms with Crippen LogP contribution in [0.2, 0.25) is 0 Å². The van der Waals surface area contributed by atoms with Gasteiger partial charge in [0.1, 0.15) is 0 Å². The lowest BCUT2D eigenvalue weighted by atomic mass is 10.1. The molecule has 0 aliphatic heterocycles. The van der Waals surface area contributed by atoms with Crippen LogP contribution in [-0.2, 0) is 16.1 Å². The quantitative estimate of drug-likeness (QED) is 0.618. The van der Waals surface area contributed by atoms with Crippen molar-refractivity contribution in [3.05, 3.63) is 74.7 Å². The molecule has 2 heterocycles. The van der Waals surface area contributed by atoms with E-state index in [1.165, 1.54) is 4.88 Å². The van der Waals surface area contributed by atoms with E-state index in [1.54, 1.807) is 11.3 Å². The Labute approximate surface area is 169 Å². The van der Waals surface area contributed by atoms with Gasteiger partial charge >= 0.3 is 5.97 Å². The number of carbonyl (C=O) groups excluding carboxylic acids is 2. The first kappa shape index (κ1) is 19.9. The number of nitrogens with zero attached hydrogens (tertiary/aromatic N) is 1. The fourth-order valence-electron chi connectivity index (χ4n) is 3.21. The topological polar surface area (TPSA) is 60.3 Å². The van der Waals surface area contributed by atoms with Crippen LogP contribution >= 0.6 is 11.3 Å². The predicted octanol–water partition coefficient (Wildman–Crippen LogP) is 4.63. The number of benzene rings is 1. The summed E-state index contributed by atoms with van der Waals surface area (Å²) in [5, 5.41) is 4.86. The van der Waals surface area contributed by atoms with Crippen molar-refractivity contribution in [2.24, 2.45) is 0 Å². The van der Waals surface area contributed by atoms with E-state index >= 15 is 0 Å². The summed E-state index contributed by atoms with van der Waals surface area (Å²) in [5.41, 5.74) is 5.02. The van der Waals surface area contributed by atoms with E-state index in [0.29, 0.717) is 5.56 Å². The number of hydrogen-bond acceptors (Lipinski definition) is 4. The second-order valence-corrected chi connectivity index (χ2v) is 7.87. The predicted molar refractivity (Wildman–Crippen MR) is 112 cm³/mol. The van der Waals surface area contributed by atoms with Crippen LogP contribution in [0.5, 0.6) is 0 Å². The molecule has 0 spiro atoms. The smallest absolute Gasteiger partial charge is 0.340 e. The third-order valence-corrected chi connectivity index (χ3v) is 5.63. The van der Waals surface area contributed by atoms with Gasteiger partial charge in [-0.1, -0.05) is 24.3 Å². The summed E-state index contributed by atoms with van der Waals surface area (Å²) < 4.78 is 7.35. The number of nitrogens with one attached hydrogen (secondary N) is 1. The second-order valence-electron chi connectivity index (χ2n) is 6.84. The van der Waals surface area contributed by atoms with Gasteiger partial charge in [-0.2, -0.15) is 0 Å². The molecule has 0 saturated carbocycles. The summed E-state index contributed by atoms with van der Waals surface area (Å²) in [4.78, 5) is 26.0. The Kier molecular flexibility index (Phi) is 5.99. The molecule has 0 aliphatic carbocycles. The lowest BCUT2D eigenvalue weighted by molar-refractivity contribution is -0.119. The molecule has 0 radical (unpaired) electrons. The second kappa shape index (κ2) is 8.44. The standard InChI is InChI=1S/C22H24N2O3S/c1-14-7-5-8-15(2)21(14)23-20(25)13-27-22(26)19-11-16(3)24(17(19)4)12-18-9-6-10-28-18/h5-11H,12-13H2,1-4H3,(H,23,25). The van der Waals surface area contributed by atoms with E-state index in [1.807, 2.05) is 63.4 Å². The van der Waals surface area contributed by atoms with Gasteiger partial charge in [-0.15, -0.1) is 11.3 Å². The molecule has 2 aromatic heterocycles. The minimum absolute atomic E-state index is 0.318. The van der Waals surface area contributed by atoms with Crippen LogP contribution in [0.1, 0.15) is 37.7 Å². The molecule has 5 nitrogen and oxygen atoms in total. The van der Waals surface area contributed by atoms with E-state index in [9.17, 15) is 9.59 Å². The first-order valence-electron chi connectivity index (χ1n) is 9.09. The Morgan fingerprint density at radius 1 is 1.07 bits per heavy atom. The largest absolute Gasteiger partial charge is 0.452 e. The van der Waals surface area contributed by atoms with Gasteiger partial charge in [-0.25, -0.2) is 4.79 Å². The molecule has 3 rings (SSSR count). The van der Waals surface area contributed by atoms with E-state index in [-0.39, 0.29) is 12.5 Å². The van der Waals surface area contributed by atoms with Crippen molar-refractivity contribution in [3.8, 4) is 0 Å². The highest BCUT2D eigenvalue weighted by Crippen LogP contribution is 2.21. The third kappa shape index (κ3) is 4.34. The summed E-state index contributed by atoms with van der Waals surface area (Å²) >= 11 is 1.68. The van der Waals surface area contributed by atoms with Gasteiger partial charge in [0, 0.05) is 22.0 Å².